The zero-order valence-electron chi connectivity index (χ0n) is 25.1. The summed E-state index contributed by atoms with van der Waals surface area (Å²) in [5, 5.41) is 14.4. The predicted molar refractivity (Wildman–Crippen MR) is 161 cm³/mol. The molecule has 2 aromatic carbocycles. The number of nitrogens with zero attached hydrogens (tertiary/aromatic N) is 4. The number of para-hydroxylation sites is 2. The largest absolute Gasteiger partial charge is 0.493 e. The van der Waals surface area contributed by atoms with Crippen LogP contribution < -0.4 is 15.4 Å². The van der Waals surface area contributed by atoms with Crippen molar-refractivity contribution in [2.24, 2.45) is 4.99 Å². The number of nitrogens with one attached hydrogen (secondary N) is 2. The van der Waals surface area contributed by atoms with Crippen LogP contribution in [-0.2, 0) is 9.47 Å². The van der Waals surface area contributed by atoms with Crippen molar-refractivity contribution in [2.45, 2.75) is 71.6 Å². The molecule has 11 nitrogen and oxygen atoms in total. The Bertz CT molecular complexity index is 1370. The van der Waals surface area contributed by atoms with Crippen molar-refractivity contribution < 1.29 is 23.8 Å². The lowest BCUT2D eigenvalue weighted by molar-refractivity contribution is 0.0560. The molecule has 2 amide bonds. The van der Waals surface area contributed by atoms with Crippen LogP contribution in [0.15, 0.2) is 78.4 Å². The molecule has 3 aromatic rings. The Morgan fingerprint density at radius 3 is 2.33 bits per heavy atom. The van der Waals surface area contributed by atoms with Crippen molar-refractivity contribution in [1.82, 2.24) is 25.6 Å². The van der Waals surface area contributed by atoms with Gasteiger partial charge in [0.15, 0.2) is 0 Å². The number of allylic oxidation sites excluding steroid dienone is 1. The van der Waals surface area contributed by atoms with Gasteiger partial charge in [-0.1, -0.05) is 47.7 Å². The lowest BCUT2D eigenvalue weighted by Crippen LogP contribution is -2.45. The molecule has 0 saturated heterocycles. The maximum Gasteiger partial charge on any atom is 0.437 e. The second kappa shape index (κ2) is 14.3. The molecular formula is C31H40N6O5. The number of ether oxygens (including phenoxy) is 3. The van der Waals surface area contributed by atoms with Crippen molar-refractivity contribution in [3.05, 3.63) is 84.7 Å². The normalized spacial score (nSPS) is 12.7. The summed E-state index contributed by atoms with van der Waals surface area (Å²) in [6, 6.07) is 16.2. The standard InChI is InChI=1S/C31H40N6O5/c1-8-9-15-20-40-25-19-14-13-18-23(25)26(24-21-37(36-35-24)22-16-11-10-12-17-22)32-27(33-28(38)41-30(2,3)4)34-29(39)42-31(5,6)7/h8,10-14,16-19,21,26H,1,9,15,20H2,2-7H3,(H2,32,33,34,38,39). The van der Waals surface area contributed by atoms with E-state index in [0.29, 0.717) is 23.6 Å². The number of hydrogen-bond acceptors (Lipinski definition) is 7. The highest BCUT2D eigenvalue weighted by Crippen LogP contribution is 2.30. The molecular weight excluding hydrogens is 536 g/mol. The Morgan fingerprint density at radius 1 is 1.00 bits per heavy atom. The fourth-order valence-corrected chi connectivity index (χ4v) is 3.70. The highest BCUT2D eigenvalue weighted by Gasteiger charge is 2.27. The number of guanidine groups is 1. The number of amides is 2. The lowest BCUT2D eigenvalue weighted by Gasteiger charge is -2.24. The number of aromatic nitrogens is 3. The minimum Gasteiger partial charge on any atom is -0.493 e. The molecule has 0 aliphatic rings. The average molecular weight is 577 g/mol. The van der Waals surface area contributed by atoms with E-state index in [1.165, 1.54) is 0 Å². The molecule has 0 bridgehead atoms. The number of carbonyl (C=O) groups excluding carboxylic acids is 2. The molecule has 0 aliphatic heterocycles. The Hall–Kier alpha value is -4.67. The van der Waals surface area contributed by atoms with Crippen molar-refractivity contribution in [3.8, 4) is 11.4 Å². The molecule has 1 atom stereocenters. The van der Waals surface area contributed by atoms with Gasteiger partial charge < -0.3 is 19.5 Å². The number of benzene rings is 2. The van der Waals surface area contributed by atoms with Crippen molar-refractivity contribution in [3.63, 3.8) is 0 Å². The van der Waals surface area contributed by atoms with Crippen molar-refractivity contribution in [2.75, 3.05) is 6.61 Å². The van der Waals surface area contributed by atoms with E-state index in [1.807, 2.05) is 60.7 Å². The molecule has 1 unspecified atom stereocenters. The zero-order chi connectivity index (χ0) is 30.8. The lowest BCUT2D eigenvalue weighted by atomic mass is 10.0. The van der Waals surface area contributed by atoms with E-state index < -0.39 is 29.4 Å². The molecule has 42 heavy (non-hydrogen) atoms. The highest BCUT2D eigenvalue weighted by molar-refractivity contribution is 5.99. The third kappa shape index (κ3) is 10.4. The SMILES string of the molecule is C=CCCCOc1ccccc1C(N/C(=N/C(=O)OC(C)(C)C)NC(=O)OC(C)(C)C)c1cn(-c2ccccc2)nn1. The molecule has 0 saturated carbocycles. The van der Waals surface area contributed by atoms with Gasteiger partial charge in [0.1, 0.15) is 28.7 Å². The number of carbonyl (C=O) groups is 2. The summed E-state index contributed by atoms with van der Waals surface area (Å²) in [5.41, 5.74) is 0.368. The summed E-state index contributed by atoms with van der Waals surface area (Å²) >= 11 is 0. The first-order valence-corrected chi connectivity index (χ1v) is 13.7. The average Bonchev–Trinajstić information content (AvgIpc) is 3.38. The first kappa shape index (κ1) is 31.9. The Balaban J connectivity index is 2.05. The first-order chi connectivity index (χ1) is 19.8. The number of aliphatic imine (C=N–C) groups is 1. The van der Waals surface area contributed by atoms with Gasteiger partial charge in [-0.05, 0) is 72.6 Å². The van der Waals surface area contributed by atoms with E-state index in [4.69, 9.17) is 14.2 Å². The molecule has 11 heteroatoms. The zero-order valence-corrected chi connectivity index (χ0v) is 25.1. The van der Waals surface area contributed by atoms with Crippen LogP contribution in [0.25, 0.3) is 5.69 Å². The van der Waals surface area contributed by atoms with E-state index in [1.54, 1.807) is 52.4 Å². The summed E-state index contributed by atoms with van der Waals surface area (Å²) in [5.74, 6) is 0.390. The monoisotopic (exact) mass is 576 g/mol. The van der Waals surface area contributed by atoms with E-state index in [9.17, 15) is 9.59 Å². The van der Waals surface area contributed by atoms with Gasteiger partial charge in [0, 0.05) is 5.56 Å². The number of rotatable bonds is 9. The third-order valence-corrected chi connectivity index (χ3v) is 5.36. The van der Waals surface area contributed by atoms with Crippen molar-refractivity contribution >= 4 is 18.1 Å². The second-order valence-corrected chi connectivity index (χ2v) is 11.4. The van der Waals surface area contributed by atoms with Gasteiger partial charge in [0.25, 0.3) is 0 Å². The molecule has 0 spiro atoms. The maximum atomic E-state index is 12.8. The van der Waals surface area contributed by atoms with Gasteiger partial charge in [-0.15, -0.1) is 16.7 Å². The van der Waals surface area contributed by atoms with Crippen LogP contribution in [0.1, 0.15) is 71.7 Å². The minimum atomic E-state index is -0.901. The number of alkyl carbamates (subject to hydrolysis) is 1. The van der Waals surface area contributed by atoms with Crippen LogP contribution in [0.4, 0.5) is 9.59 Å². The Kier molecular flexibility index (Phi) is 10.8. The molecule has 2 N–H and O–H groups in total. The Labute approximate surface area is 247 Å². The van der Waals surface area contributed by atoms with Gasteiger partial charge >= 0.3 is 12.2 Å². The third-order valence-electron chi connectivity index (χ3n) is 5.36. The molecule has 1 heterocycles. The predicted octanol–water partition coefficient (Wildman–Crippen LogP) is 6.11. The molecule has 224 valence electrons. The Morgan fingerprint density at radius 2 is 1.67 bits per heavy atom. The van der Waals surface area contributed by atoms with Gasteiger partial charge in [0.2, 0.25) is 5.96 Å². The smallest absolute Gasteiger partial charge is 0.437 e. The van der Waals surface area contributed by atoms with Crippen LogP contribution in [0.5, 0.6) is 5.75 Å². The van der Waals surface area contributed by atoms with E-state index in [-0.39, 0.29) is 5.96 Å². The summed E-state index contributed by atoms with van der Waals surface area (Å²) < 4.78 is 18.6. The van der Waals surface area contributed by atoms with Crippen LogP contribution in [0.3, 0.4) is 0 Å². The van der Waals surface area contributed by atoms with Crippen LogP contribution in [0, 0.1) is 0 Å². The molecule has 0 radical (unpaired) electrons. The second-order valence-electron chi connectivity index (χ2n) is 11.4. The summed E-state index contributed by atoms with van der Waals surface area (Å²) in [4.78, 5) is 29.6. The quantitative estimate of drug-likeness (QED) is 0.135. The molecule has 3 rings (SSSR count). The maximum absolute atomic E-state index is 12.8. The summed E-state index contributed by atoms with van der Waals surface area (Å²) in [6.07, 6.45) is 3.47. The fourth-order valence-electron chi connectivity index (χ4n) is 3.70. The van der Waals surface area contributed by atoms with Gasteiger partial charge in [-0.3, -0.25) is 5.32 Å². The molecule has 0 aliphatic carbocycles. The van der Waals surface area contributed by atoms with Gasteiger partial charge in [0.05, 0.1) is 18.5 Å². The van der Waals surface area contributed by atoms with Crippen molar-refractivity contribution in [1.29, 1.82) is 0 Å². The topological polar surface area (TPSA) is 129 Å². The summed E-state index contributed by atoms with van der Waals surface area (Å²) in [7, 11) is 0. The van der Waals surface area contributed by atoms with Crippen LogP contribution in [0.2, 0.25) is 0 Å². The minimum absolute atomic E-state index is 0.195. The van der Waals surface area contributed by atoms with E-state index in [0.717, 1.165) is 18.5 Å². The highest BCUT2D eigenvalue weighted by atomic mass is 16.6. The first-order valence-electron chi connectivity index (χ1n) is 13.7. The molecule has 0 fully saturated rings. The number of unbranched alkanes of at least 4 members (excludes halogenated alkanes) is 1. The fraction of sp³-hybridized carbons (Fsp3) is 0.387. The molecule has 1 aromatic heterocycles. The summed E-state index contributed by atoms with van der Waals surface area (Å²) in [6.45, 7) is 14.6. The van der Waals surface area contributed by atoms with E-state index >= 15 is 0 Å². The van der Waals surface area contributed by atoms with Gasteiger partial charge in [-0.2, -0.15) is 0 Å². The van der Waals surface area contributed by atoms with Gasteiger partial charge in [-0.25, -0.2) is 14.3 Å². The van der Waals surface area contributed by atoms with E-state index in [2.05, 4.69) is 32.5 Å². The van der Waals surface area contributed by atoms with Crippen LogP contribution in [-0.4, -0.2) is 50.9 Å². The number of hydrogen-bond donors (Lipinski definition) is 2. The van der Waals surface area contributed by atoms with Crippen LogP contribution >= 0.6 is 0 Å².